The number of hydrogen-bond donors (Lipinski definition) is 0. The summed E-state index contributed by atoms with van der Waals surface area (Å²) < 4.78 is 35.7. The number of allylic oxidation sites excluding steroid dienone is 1. The number of aryl methyl sites for hydroxylation is 1. The zero-order valence-corrected chi connectivity index (χ0v) is 19.2. The van der Waals surface area contributed by atoms with Crippen LogP contribution in [0.1, 0.15) is 31.5 Å². The summed E-state index contributed by atoms with van der Waals surface area (Å²) in [6.07, 6.45) is 4.44. The minimum atomic E-state index is -2.99. The van der Waals surface area contributed by atoms with Crippen molar-refractivity contribution < 1.29 is 18.3 Å². The second-order valence-corrected chi connectivity index (χ2v) is 9.40. The van der Waals surface area contributed by atoms with E-state index in [2.05, 4.69) is 18.0 Å². The van der Waals surface area contributed by atoms with Gasteiger partial charge in [0.15, 0.2) is 0 Å². The van der Waals surface area contributed by atoms with E-state index in [-0.39, 0.29) is 5.92 Å². The quantitative estimate of drug-likeness (QED) is 0.611. The van der Waals surface area contributed by atoms with Gasteiger partial charge in [0.2, 0.25) is 0 Å². The molecule has 1 saturated carbocycles. The Labute approximate surface area is 188 Å². The minimum absolute atomic E-state index is 0.359. The van der Waals surface area contributed by atoms with Gasteiger partial charge in [0, 0.05) is 30.0 Å². The third-order valence-corrected chi connectivity index (χ3v) is 7.40. The summed E-state index contributed by atoms with van der Waals surface area (Å²) in [7, 11) is 3.37. The number of ether oxygens (including phenoxy) is 1. The number of hydrogen-bond acceptors (Lipinski definition) is 4. The summed E-state index contributed by atoms with van der Waals surface area (Å²) in [6, 6.07) is 12.0. The highest BCUT2D eigenvalue weighted by Gasteiger charge is 2.69. The maximum absolute atomic E-state index is 15.1. The highest BCUT2D eigenvalue weighted by Crippen LogP contribution is 2.56. The molecule has 0 bridgehead atoms. The normalized spacial score (nSPS) is 31.7. The van der Waals surface area contributed by atoms with Crippen molar-refractivity contribution in [3.63, 3.8) is 0 Å². The molecule has 4 nitrogen and oxygen atoms in total. The lowest BCUT2D eigenvalue weighted by Crippen LogP contribution is -2.64. The summed E-state index contributed by atoms with van der Waals surface area (Å²) in [6.45, 7) is 5.43. The number of cyclic esters (lactones) is 1. The van der Waals surface area contributed by atoms with E-state index in [1.165, 1.54) is 0 Å². The summed E-state index contributed by atoms with van der Waals surface area (Å²) in [5.41, 5.74) is 2.65. The Hall–Kier alpha value is -2.60. The molecule has 2 fully saturated rings. The number of esters is 1. The number of alkyl halides is 2. The third kappa shape index (κ3) is 3.54. The molecule has 6 heteroatoms. The molecule has 1 aliphatic heterocycles. The van der Waals surface area contributed by atoms with Gasteiger partial charge in [-0.2, -0.15) is 0 Å². The van der Waals surface area contributed by atoms with Gasteiger partial charge in [-0.05, 0) is 57.1 Å². The maximum atomic E-state index is 15.1. The van der Waals surface area contributed by atoms with E-state index in [0.29, 0.717) is 5.69 Å². The third-order valence-electron chi connectivity index (χ3n) is 7.40. The molecule has 0 radical (unpaired) electrons. The van der Waals surface area contributed by atoms with Gasteiger partial charge in [-0.25, -0.2) is 8.78 Å². The van der Waals surface area contributed by atoms with Crippen LogP contribution in [-0.4, -0.2) is 47.5 Å². The SMILES string of the molecule is Cc1ccccc1-c1ccc(/C=C/[C@@H]2[C@@H]3[C@@H](C)OC(=O)[C@]3(N(C)C)CC(F)(F)[C@H]2C)nc1. The Morgan fingerprint density at radius 2 is 1.88 bits per heavy atom. The molecule has 4 rings (SSSR count). The van der Waals surface area contributed by atoms with Gasteiger partial charge in [-0.1, -0.05) is 43.3 Å². The monoisotopic (exact) mass is 440 g/mol. The molecule has 1 aromatic carbocycles. The van der Waals surface area contributed by atoms with Crippen LogP contribution in [0.3, 0.4) is 0 Å². The molecule has 2 heterocycles. The van der Waals surface area contributed by atoms with Crippen LogP contribution in [-0.2, 0) is 9.53 Å². The van der Waals surface area contributed by atoms with Gasteiger partial charge in [-0.3, -0.25) is 14.7 Å². The molecular formula is C26H30F2N2O2. The summed E-state index contributed by atoms with van der Waals surface area (Å²) in [5.74, 6) is -5.34. The van der Waals surface area contributed by atoms with Crippen molar-refractivity contribution in [2.45, 2.75) is 44.8 Å². The molecule has 0 amide bonds. The highest BCUT2D eigenvalue weighted by molar-refractivity contribution is 5.84. The molecule has 1 saturated heterocycles. The van der Waals surface area contributed by atoms with E-state index in [0.717, 1.165) is 16.7 Å². The van der Waals surface area contributed by atoms with E-state index in [4.69, 9.17) is 4.74 Å². The zero-order chi connectivity index (χ0) is 23.3. The molecule has 2 aliphatic rings. The number of halogens is 2. The van der Waals surface area contributed by atoms with Crippen LogP contribution in [0.4, 0.5) is 8.78 Å². The number of benzene rings is 1. The highest BCUT2D eigenvalue weighted by atomic mass is 19.3. The average Bonchev–Trinajstić information content (AvgIpc) is 2.99. The van der Waals surface area contributed by atoms with Crippen molar-refractivity contribution in [2.24, 2.45) is 17.8 Å². The van der Waals surface area contributed by atoms with Crippen LogP contribution in [0.25, 0.3) is 17.2 Å². The molecule has 0 spiro atoms. The first-order chi connectivity index (χ1) is 15.1. The summed E-state index contributed by atoms with van der Waals surface area (Å²) in [5, 5.41) is 0. The van der Waals surface area contributed by atoms with Crippen LogP contribution in [0.15, 0.2) is 48.7 Å². The van der Waals surface area contributed by atoms with Crippen LogP contribution in [0.5, 0.6) is 0 Å². The Kier molecular flexibility index (Phi) is 5.70. The van der Waals surface area contributed by atoms with Crippen LogP contribution < -0.4 is 0 Å². The topological polar surface area (TPSA) is 42.4 Å². The van der Waals surface area contributed by atoms with Gasteiger partial charge >= 0.3 is 5.97 Å². The Bertz CT molecular complexity index is 1030. The van der Waals surface area contributed by atoms with Crippen molar-refractivity contribution in [1.82, 2.24) is 9.88 Å². The Balaban J connectivity index is 1.66. The second-order valence-electron chi connectivity index (χ2n) is 9.40. The minimum Gasteiger partial charge on any atom is -0.461 e. The predicted octanol–water partition coefficient (Wildman–Crippen LogP) is 5.22. The first kappa shape index (κ1) is 22.6. The molecule has 5 atom stereocenters. The maximum Gasteiger partial charge on any atom is 0.327 e. The molecule has 1 aromatic heterocycles. The van der Waals surface area contributed by atoms with Gasteiger partial charge in [-0.15, -0.1) is 0 Å². The van der Waals surface area contributed by atoms with Crippen LogP contribution in [0, 0.1) is 24.7 Å². The number of pyridine rings is 1. The molecule has 2 aromatic rings. The number of aromatic nitrogens is 1. The van der Waals surface area contributed by atoms with Gasteiger partial charge in [0.05, 0.1) is 5.69 Å². The first-order valence-corrected chi connectivity index (χ1v) is 11.0. The Morgan fingerprint density at radius 1 is 1.16 bits per heavy atom. The summed E-state index contributed by atoms with van der Waals surface area (Å²) >= 11 is 0. The fourth-order valence-corrected chi connectivity index (χ4v) is 5.50. The number of fused-ring (bicyclic) bond motifs is 1. The van der Waals surface area contributed by atoms with Crippen molar-refractivity contribution in [1.29, 1.82) is 0 Å². The summed E-state index contributed by atoms with van der Waals surface area (Å²) in [4.78, 5) is 18.9. The fourth-order valence-electron chi connectivity index (χ4n) is 5.50. The van der Waals surface area contributed by atoms with Crippen molar-refractivity contribution in [3.8, 4) is 11.1 Å². The van der Waals surface area contributed by atoms with Gasteiger partial charge < -0.3 is 4.74 Å². The van der Waals surface area contributed by atoms with Gasteiger partial charge in [0.25, 0.3) is 5.92 Å². The lowest BCUT2D eigenvalue weighted by Gasteiger charge is -2.50. The van der Waals surface area contributed by atoms with E-state index < -0.39 is 41.8 Å². The molecular weight excluding hydrogens is 410 g/mol. The van der Waals surface area contributed by atoms with Crippen molar-refractivity contribution in [3.05, 3.63) is 59.9 Å². The van der Waals surface area contributed by atoms with Gasteiger partial charge in [0.1, 0.15) is 11.6 Å². The largest absolute Gasteiger partial charge is 0.461 e. The van der Waals surface area contributed by atoms with E-state index in [1.54, 1.807) is 51.2 Å². The van der Waals surface area contributed by atoms with Crippen LogP contribution >= 0.6 is 0 Å². The van der Waals surface area contributed by atoms with E-state index in [1.807, 2.05) is 30.3 Å². The number of nitrogens with zero attached hydrogens (tertiary/aromatic N) is 2. The van der Waals surface area contributed by atoms with E-state index in [9.17, 15) is 4.79 Å². The Morgan fingerprint density at radius 3 is 2.50 bits per heavy atom. The zero-order valence-electron chi connectivity index (χ0n) is 19.2. The molecule has 0 unspecified atom stereocenters. The number of carbonyl (C=O) groups excluding carboxylic acids is 1. The first-order valence-electron chi connectivity index (χ1n) is 11.0. The van der Waals surface area contributed by atoms with Crippen LogP contribution in [0.2, 0.25) is 0 Å². The lowest BCUT2D eigenvalue weighted by molar-refractivity contribution is -0.173. The fraction of sp³-hybridized carbons (Fsp3) is 0.462. The number of rotatable bonds is 4. The predicted molar refractivity (Wildman–Crippen MR) is 121 cm³/mol. The second kappa shape index (κ2) is 8.07. The average molecular weight is 441 g/mol. The molecule has 1 aliphatic carbocycles. The van der Waals surface area contributed by atoms with Crippen molar-refractivity contribution >= 4 is 12.0 Å². The number of likely N-dealkylation sites (N-methyl/N-ethyl adjacent to an activating group) is 1. The van der Waals surface area contributed by atoms with E-state index >= 15 is 8.78 Å². The standard InChI is InChI=1S/C26H30F2N2O2/c1-16-8-6-7-9-21(16)19-10-11-20(29-14-19)12-13-22-17(2)26(27,28)15-25(30(4)5)23(22)18(3)32-24(25)31/h6-14,17-18,22-23H,15H2,1-5H3/b13-12+/t17-,18+,22-,23-,25-/m0/s1. The smallest absolute Gasteiger partial charge is 0.327 e. The molecule has 170 valence electrons. The van der Waals surface area contributed by atoms with Crippen molar-refractivity contribution in [2.75, 3.05) is 14.1 Å². The number of carbonyl (C=O) groups is 1. The lowest BCUT2D eigenvalue weighted by atomic mass is 9.60. The molecule has 0 N–H and O–H groups in total. The molecule has 32 heavy (non-hydrogen) atoms.